The van der Waals surface area contributed by atoms with E-state index < -0.39 is 11.0 Å². The fourth-order valence-corrected chi connectivity index (χ4v) is 2.97. The minimum atomic E-state index is -0.602. The molecule has 0 aliphatic carbocycles. The van der Waals surface area contributed by atoms with Crippen molar-refractivity contribution >= 4 is 23.1 Å². The summed E-state index contributed by atoms with van der Waals surface area (Å²) in [5, 5.41) is 27.3. The lowest BCUT2D eigenvalue weighted by Gasteiger charge is -2.17. The van der Waals surface area contributed by atoms with Crippen molar-refractivity contribution in [3.63, 3.8) is 0 Å². The first-order valence-corrected chi connectivity index (χ1v) is 7.68. The first-order valence-electron chi connectivity index (χ1n) is 7.68. The lowest BCUT2D eigenvalue weighted by Crippen LogP contribution is -2.34. The molecule has 0 saturated carbocycles. The van der Waals surface area contributed by atoms with E-state index in [0.29, 0.717) is 18.7 Å². The van der Waals surface area contributed by atoms with Gasteiger partial charge in [0, 0.05) is 31.4 Å². The highest BCUT2D eigenvalue weighted by Gasteiger charge is 2.34. The van der Waals surface area contributed by atoms with Crippen LogP contribution in [-0.2, 0) is 11.8 Å². The van der Waals surface area contributed by atoms with Crippen molar-refractivity contribution < 1.29 is 9.72 Å². The first-order chi connectivity index (χ1) is 11.9. The molecule has 1 fully saturated rings. The zero-order chi connectivity index (χ0) is 18.1. The molecule has 1 aromatic carbocycles. The summed E-state index contributed by atoms with van der Waals surface area (Å²) in [4.78, 5) is 24.6. The van der Waals surface area contributed by atoms with Gasteiger partial charge >= 0.3 is 0 Å². The molecule has 9 heteroatoms. The maximum atomic E-state index is 12.7. The van der Waals surface area contributed by atoms with Gasteiger partial charge in [0.25, 0.3) is 11.6 Å². The summed E-state index contributed by atoms with van der Waals surface area (Å²) in [7, 11) is 1.78. The van der Waals surface area contributed by atoms with Crippen LogP contribution in [0.25, 0.3) is 0 Å². The van der Waals surface area contributed by atoms with Crippen LogP contribution in [-0.4, -0.2) is 33.2 Å². The molecule has 0 spiro atoms. The standard InChI is InChI=1S/C16H16N6O3/c1-10-7-15(20(2)19-10)21-6-5-13(16(21)23)18-12-3-4-14(22(24)25)11(8-12)9-17/h3-4,7-8,13,18H,5-6H2,1-2H3/t13-/m0/s1. The van der Waals surface area contributed by atoms with E-state index in [0.717, 1.165) is 11.5 Å². The van der Waals surface area contributed by atoms with Gasteiger partial charge in [0.2, 0.25) is 0 Å². The van der Waals surface area contributed by atoms with Crippen LogP contribution in [0.1, 0.15) is 17.7 Å². The largest absolute Gasteiger partial charge is 0.374 e. The summed E-state index contributed by atoms with van der Waals surface area (Å²) in [6, 6.07) is 7.36. The average Bonchev–Trinajstić information content (AvgIpc) is 3.09. The van der Waals surface area contributed by atoms with Gasteiger partial charge in [-0.3, -0.25) is 24.5 Å². The summed E-state index contributed by atoms with van der Waals surface area (Å²) >= 11 is 0. The number of nitro groups is 1. The van der Waals surface area contributed by atoms with Gasteiger partial charge in [0.15, 0.2) is 0 Å². The van der Waals surface area contributed by atoms with Crippen LogP contribution in [0.15, 0.2) is 24.3 Å². The molecule has 25 heavy (non-hydrogen) atoms. The molecule has 0 radical (unpaired) electrons. The Morgan fingerprint density at radius 1 is 1.44 bits per heavy atom. The summed E-state index contributed by atoms with van der Waals surface area (Å²) in [6.07, 6.45) is 0.585. The number of amides is 1. The molecular formula is C16H16N6O3. The average molecular weight is 340 g/mol. The number of benzene rings is 1. The second kappa shape index (κ2) is 6.24. The predicted octanol–water partition coefficient (Wildman–Crippen LogP) is 1.73. The number of anilines is 2. The molecule has 1 N–H and O–H groups in total. The van der Waals surface area contributed by atoms with Crippen molar-refractivity contribution in [1.82, 2.24) is 9.78 Å². The van der Waals surface area contributed by atoms with Gasteiger partial charge in [-0.1, -0.05) is 0 Å². The summed E-state index contributed by atoms with van der Waals surface area (Å²) in [5.41, 5.74) is 1.04. The highest BCUT2D eigenvalue weighted by Crippen LogP contribution is 2.26. The summed E-state index contributed by atoms with van der Waals surface area (Å²) < 4.78 is 1.66. The van der Waals surface area contributed by atoms with Crippen LogP contribution in [0.2, 0.25) is 0 Å². The second-order valence-electron chi connectivity index (χ2n) is 5.84. The van der Waals surface area contributed by atoms with Crippen LogP contribution in [0, 0.1) is 28.4 Å². The van der Waals surface area contributed by atoms with E-state index in [9.17, 15) is 14.9 Å². The van der Waals surface area contributed by atoms with Crippen molar-refractivity contribution in [3.05, 3.63) is 45.6 Å². The maximum absolute atomic E-state index is 12.7. The Morgan fingerprint density at radius 2 is 2.20 bits per heavy atom. The zero-order valence-corrected chi connectivity index (χ0v) is 13.8. The molecule has 2 aromatic rings. The second-order valence-corrected chi connectivity index (χ2v) is 5.84. The Balaban J connectivity index is 1.79. The van der Waals surface area contributed by atoms with E-state index in [2.05, 4.69) is 10.4 Å². The van der Waals surface area contributed by atoms with Gasteiger partial charge in [-0.05, 0) is 25.5 Å². The number of nitrogens with one attached hydrogen (secondary N) is 1. The fraction of sp³-hybridized carbons (Fsp3) is 0.312. The number of carbonyl (C=O) groups excluding carboxylic acids is 1. The highest BCUT2D eigenvalue weighted by atomic mass is 16.6. The van der Waals surface area contributed by atoms with Gasteiger partial charge in [0.05, 0.1) is 10.6 Å². The molecule has 128 valence electrons. The molecule has 1 aliphatic rings. The lowest BCUT2D eigenvalue weighted by atomic mass is 10.1. The molecule has 1 aliphatic heterocycles. The van der Waals surface area contributed by atoms with Crippen molar-refractivity contribution in [3.8, 4) is 6.07 Å². The third kappa shape index (κ3) is 3.01. The molecule has 1 aromatic heterocycles. The Bertz CT molecular complexity index is 898. The third-order valence-corrected chi connectivity index (χ3v) is 4.11. The van der Waals surface area contributed by atoms with Gasteiger partial charge < -0.3 is 5.32 Å². The predicted molar refractivity (Wildman–Crippen MR) is 90.1 cm³/mol. The fourth-order valence-electron chi connectivity index (χ4n) is 2.97. The number of hydrogen-bond acceptors (Lipinski definition) is 6. The SMILES string of the molecule is Cc1cc(N2CC[C@H](Nc3ccc([N+](=O)[O-])c(C#N)c3)C2=O)n(C)n1. The van der Waals surface area contributed by atoms with E-state index in [1.165, 1.54) is 18.2 Å². The summed E-state index contributed by atoms with van der Waals surface area (Å²) in [5.74, 6) is 0.632. The lowest BCUT2D eigenvalue weighted by molar-refractivity contribution is -0.385. The van der Waals surface area contributed by atoms with Crippen LogP contribution >= 0.6 is 0 Å². The Hall–Kier alpha value is -3.41. The smallest absolute Gasteiger partial charge is 0.287 e. The van der Waals surface area contributed by atoms with Gasteiger partial charge in [0.1, 0.15) is 23.5 Å². The molecule has 1 saturated heterocycles. The number of nitriles is 1. The molecule has 2 heterocycles. The van der Waals surface area contributed by atoms with Crippen LogP contribution in [0.3, 0.4) is 0 Å². The van der Waals surface area contributed by atoms with Gasteiger partial charge in [-0.15, -0.1) is 0 Å². The van der Waals surface area contributed by atoms with Crippen molar-refractivity contribution in [2.75, 3.05) is 16.8 Å². The van der Waals surface area contributed by atoms with Crippen LogP contribution < -0.4 is 10.2 Å². The number of nitrogens with zero attached hydrogens (tertiary/aromatic N) is 5. The highest BCUT2D eigenvalue weighted by molar-refractivity contribution is 6.00. The van der Waals surface area contributed by atoms with Gasteiger partial charge in [-0.25, -0.2) is 0 Å². The van der Waals surface area contributed by atoms with E-state index in [-0.39, 0.29) is 17.2 Å². The molecule has 0 bridgehead atoms. The number of rotatable bonds is 4. The minimum Gasteiger partial charge on any atom is -0.374 e. The minimum absolute atomic E-state index is 0.0421. The third-order valence-electron chi connectivity index (χ3n) is 4.11. The van der Waals surface area contributed by atoms with Gasteiger partial charge in [-0.2, -0.15) is 10.4 Å². The normalized spacial score (nSPS) is 16.8. The van der Waals surface area contributed by atoms with Crippen molar-refractivity contribution in [1.29, 1.82) is 5.26 Å². The molecule has 1 atom stereocenters. The van der Waals surface area contributed by atoms with E-state index in [1.807, 2.05) is 19.1 Å². The van der Waals surface area contributed by atoms with Crippen LogP contribution in [0.5, 0.6) is 0 Å². The number of carbonyl (C=O) groups is 1. The van der Waals surface area contributed by atoms with Crippen molar-refractivity contribution in [2.24, 2.45) is 7.05 Å². The van der Waals surface area contributed by atoms with Crippen LogP contribution in [0.4, 0.5) is 17.2 Å². The Morgan fingerprint density at radius 3 is 2.80 bits per heavy atom. The quantitative estimate of drug-likeness (QED) is 0.669. The number of aryl methyl sites for hydroxylation is 2. The molecule has 9 nitrogen and oxygen atoms in total. The van der Waals surface area contributed by atoms with E-state index >= 15 is 0 Å². The van der Waals surface area contributed by atoms with E-state index in [4.69, 9.17) is 5.26 Å². The monoisotopic (exact) mass is 340 g/mol. The Labute approximate surface area is 143 Å². The maximum Gasteiger partial charge on any atom is 0.287 e. The first kappa shape index (κ1) is 16.4. The molecular weight excluding hydrogens is 324 g/mol. The zero-order valence-electron chi connectivity index (χ0n) is 13.8. The number of hydrogen-bond donors (Lipinski definition) is 1. The topological polar surface area (TPSA) is 117 Å². The number of nitro benzene ring substituents is 1. The van der Waals surface area contributed by atoms with Crippen molar-refractivity contribution in [2.45, 2.75) is 19.4 Å². The molecule has 0 unspecified atom stereocenters. The van der Waals surface area contributed by atoms with E-state index in [1.54, 1.807) is 16.6 Å². The number of aromatic nitrogens is 2. The summed E-state index contributed by atoms with van der Waals surface area (Å²) in [6.45, 7) is 2.41. The molecule has 1 amide bonds. The molecule has 3 rings (SSSR count). The Kier molecular flexibility index (Phi) is 4.10.